The Hall–Kier alpha value is -3.34. The van der Waals surface area contributed by atoms with Crippen LogP contribution in [0.1, 0.15) is 38.8 Å². The van der Waals surface area contributed by atoms with E-state index in [1.54, 1.807) is 30.3 Å². The van der Waals surface area contributed by atoms with Gasteiger partial charge in [-0.25, -0.2) is 0 Å². The molecule has 1 aliphatic heterocycles. The zero-order chi connectivity index (χ0) is 21.9. The second-order valence-corrected chi connectivity index (χ2v) is 8.17. The molecule has 2 amide bonds. The second kappa shape index (κ2) is 8.57. The molecular weight excluding hydrogens is 376 g/mol. The molecule has 0 radical (unpaired) electrons. The van der Waals surface area contributed by atoms with Crippen LogP contribution < -0.4 is 10.1 Å². The maximum absolute atomic E-state index is 13.0. The summed E-state index contributed by atoms with van der Waals surface area (Å²) in [6.07, 6.45) is 1.55. The monoisotopic (exact) mass is 404 g/mol. The molecule has 0 fully saturated rings. The number of amides is 2. The van der Waals surface area contributed by atoms with Gasteiger partial charge in [-0.1, -0.05) is 51.1 Å². The summed E-state index contributed by atoms with van der Waals surface area (Å²) in [7, 11) is 0. The molecule has 0 bridgehead atoms. The van der Waals surface area contributed by atoms with Crippen LogP contribution in [0.15, 0.2) is 66.9 Å². The molecule has 0 aromatic heterocycles. The Morgan fingerprint density at radius 2 is 1.63 bits per heavy atom. The third kappa shape index (κ3) is 4.30. The Labute approximate surface area is 178 Å². The first kappa shape index (κ1) is 21.4. The fourth-order valence-corrected chi connectivity index (χ4v) is 3.34. The number of ether oxygens (including phenoxy) is 1. The maximum Gasteiger partial charge on any atom is 0.278 e. The predicted octanol–water partition coefficient (Wildman–Crippen LogP) is 4.76. The molecule has 5 nitrogen and oxygen atoms in total. The van der Waals surface area contributed by atoms with Crippen molar-refractivity contribution in [2.24, 2.45) is 0 Å². The van der Waals surface area contributed by atoms with Crippen LogP contribution in [0.2, 0.25) is 0 Å². The van der Waals surface area contributed by atoms with Crippen molar-refractivity contribution in [2.75, 3.05) is 18.5 Å². The molecule has 5 heteroatoms. The number of nitrogens with one attached hydrogen (secondary N) is 1. The van der Waals surface area contributed by atoms with E-state index in [2.05, 4.69) is 32.7 Å². The SMILES string of the molecule is C=CCN1C(=O)C(Nc2ccc(C(C)(C)C)cc2)=C(c2ccc(OCC)cc2)C1=O. The molecule has 0 atom stereocenters. The molecule has 2 aromatic carbocycles. The van der Waals surface area contributed by atoms with Crippen LogP contribution in [-0.4, -0.2) is 29.9 Å². The van der Waals surface area contributed by atoms with Gasteiger partial charge in [-0.05, 0) is 47.7 Å². The number of anilines is 1. The van der Waals surface area contributed by atoms with Crippen LogP contribution in [-0.2, 0) is 15.0 Å². The van der Waals surface area contributed by atoms with Gasteiger partial charge in [-0.3, -0.25) is 14.5 Å². The quantitative estimate of drug-likeness (QED) is 0.534. The average molecular weight is 405 g/mol. The summed E-state index contributed by atoms with van der Waals surface area (Å²) < 4.78 is 5.48. The van der Waals surface area contributed by atoms with Crippen LogP contribution in [0, 0.1) is 0 Å². The van der Waals surface area contributed by atoms with E-state index in [1.165, 1.54) is 10.5 Å². The van der Waals surface area contributed by atoms with Crippen molar-refractivity contribution in [1.82, 2.24) is 4.90 Å². The van der Waals surface area contributed by atoms with Gasteiger partial charge in [0.2, 0.25) is 0 Å². The summed E-state index contributed by atoms with van der Waals surface area (Å²) in [5, 5.41) is 3.18. The van der Waals surface area contributed by atoms with Gasteiger partial charge in [-0.2, -0.15) is 0 Å². The second-order valence-electron chi connectivity index (χ2n) is 8.17. The van der Waals surface area contributed by atoms with E-state index in [0.717, 1.165) is 5.69 Å². The first-order chi connectivity index (χ1) is 14.3. The summed E-state index contributed by atoms with van der Waals surface area (Å²) in [5.41, 5.74) is 3.26. The molecule has 1 N–H and O–H groups in total. The van der Waals surface area contributed by atoms with Crippen molar-refractivity contribution >= 4 is 23.1 Å². The Morgan fingerprint density at radius 1 is 1.00 bits per heavy atom. The minimum absolute atomic E-state index is 0.0329. The van der Waals surface area contributed by atoms with E-state index in [-0.39, 0.29) is 29.5 Å². The van der Waals surface area contributed by atoms with E-state index in [0.29, 0.717) is 23.5 Å². The van der Waals surface area contributed by atoms with Crippen molar-refractivity contribution in [2.45, 2.75) is 33.1 Å². The topological polar surface area (TPSA) is 58.6 Å². The third-order valence-corrected chi connectivity index (χ3v) is 4.95. The van der Waals surface area contributed by atoms with Gasteiger partial charge in [0, 0.05) is 12.2 Å². The van der Waals surface area contributed by atoms with Crippen LogP contribution in [0.4, 0.5) is 5.69 Å². The molecule has 30 heavy (non-hydrogen) atoms. The first-order valence-electron chi connectivity index (χ1n) is 10.1. The number of imide groups is 1. The third-order valence-electron chi connectivity index (χ3n) is 4.95. The number of benzene rings is 2. The summed E-state index contributed by atoms with van der Waals surface area (Å²) in [4.78, 5) is 27.2. The van der Waals surface area contributed by atoms with Crippen molar-refractivity contribution in [1.29, 1.82) is 0 Å². The lowest BCUT2D eigenvalue weighted by molar-refractivity contribution is -0.136. The molecule has 1 heterocycles. The molecule has 0 aliphatic carbocycles. The first-order valence-corrected chi connectivity index (χ1v) is 10.1. The molecular formula is C25H28N2O3. The van der Waals surface area contributed by atoms with Gasteiger partial charge in [-0.15, -0.1) is 6.58 Å². The van der Waals surface area contributed by atoms with Gasteiger partial charge in [0.1, 0.15) is 11.4 Å². The van der Waals surface area contributed by atoms with Crippen LogP contribution in [0.3, 0.4) is 0 Å². The lowest BCUT2D eigenvalue weighted by Crippen LogP contribution is -2.32. The Morgan fingerprint density at radius 3 is 2.17 bits per heavy atom. The molecule has 2 aromatic rings. The van der Waals surface area contributed by atoms with E-state index < -0.39 is 0 Å². The number of hydrogen-bond donors (Lipinski definition) is 1. The minimum atomic E-state index is -0.358. The summed E-state index contributed by atoms with van der Waals surface area (Å²) in [6, 6.07) is 15.1. The van der Waals surface area contributed by atoms with Gasteiger partial charge >= 0.3 is 0 Å². The Balaban J connectivity index is 1.99. The molecule has 0 saturated carbocycles. The van der Waals surface area contributed by atoms with E-state index in [9.17, 15) is 9.59 Å². The van der Waals surface area contributed by atoms with Crippen molar-refractivity contribution < 1.29 is 14.3 Å². The van der Waals surface area contributed by atoms with E-state index >= 15 is 0 Å². The fourth-order valence-electron chi connectivity index (χ4n) is 3.34. The molecule has 0 spiro atoms. The van der Waals surface area contributed by atoms with Gasteiger partial charge in [0.25, 0.3) is 11.8 Å². The highest BCUT2D eigenvalue weighted by atomic mass is 16.5. The summed E-state index contributed by atoms with van der Waals surface area (Å²) in [5.74, 6) is 0.0235. The molecule has 3 rings (SSSR count). The largest absolute Gasteiger partial charge is 0.494 e. The highest BCUT2D eigenvalue weighted by Gasteiger charge is 2.38. The number of nitrogens with zero attached hydrogens (tertiary/aromatic N) is 1. The molecule has 0 saturated heterocycles. The zero-order valence-corrected chi connectivity index (χ0v) is 18.0. The van der Waals surface area contributed by atoms with Crippen LogP contribution >= 0.6 is 0 Å². The fraction of sp³-hybridized carbons (Fsp3) is 0.280. The standard InChI is InChI=1S/C25H28N2O3/c1-6-16-27-23(28)21(17-8-14-20(15-9-17)30-7-2)22(24(27)29)26-19-12-10-18(11-13-19)25(3,4)5/h6,8-15,26H,1,7,16H2,2-5H3. The zero-order valence-electron chi connectivity index (χ0n) is 18.0. The number of rotatable bonds is 7. The normalized spacial score (nSPS) is 14.3. The van der Waals surface area contributed by atoms with E-state index in [4.69, 9.17) is 4.74 Å². The number of carbonyl (C=O) groups is 2. The number of hydrogen-bond acceptors (Lipinski definition) is 4. The van der Waals surface area contributed by atoms with Gasteiger partial charge in [0.05, 0.1) is 12.2 Å². The smallest absolute Gasteiger partial charge is 0.278 e. The lowest BCUT2D eigenvalue weighted by Gasteiger charge is -2.19. The highest BCUT2D eigenvalue weighted by molar-refractivity contribution is 6.36. The number of carbonyl (C=O) groups excluding carboxylic acids is 2. The predicted molar refractivity (Wildman–Crippen MR) is 120 cm³/mol. The van der Waals surface area contributed by atoms with E-state index in [1.807, 2.05) is 31.2 Å². The van der Waals surface area contributed by atoms with Crippen molar-refractivity contribution in [3.63, 3.8) is 0 Å². The van der Waals surface area contributed by atoms with Crippen LogP contribution in [0.25, 0.3) is 5.57 Å². The molecule has 156 valence electrons. The maximum atomic E-state index is 13.0. The molecule has 1 aliphatic rings. The summed E-state index contributed by atoms with van der Waals surface area (Å²) in [6.45, 7) is 12.7. The van der Waals surface area contributed by atoms with Gasteiger partial charge < -0.3 is 10.1 Å². The van der Waals surface area contributed by atoms with Gasteiger partial charge in [0.15, 0.2) is 0 Å². The Bertz CT molecular complexity index is 981. The highest BCUT2D eigenvalue weighted by Crippen LogP contribution is 2.32. The van der Waals surface area contributed by atoms with Crippen molar-refractivity contribution in [3.8, 4) is 5.75 Å². The Kier molecular flexibility index (Phi) is 6.11. The average Bonchev–Trinajstić information content (AvgIpc) is 2.93. The van der Waals surface area contributed by atoms with Crippen molar-refractivity contribution in [3.05, 3.63) is 78.0 Å². The molecule has 0 unspecified atom stereocenters. The van der Waals surface area contributed by atoms with Crippen LogP contribution in [0.5, 0.6) is 5.75 Å². The summed E-state index contributed by atoms with van der Waals surface area (Å²) >= 11 is 0. The lowest BCUT2D eigenvalue weighted by atomic mass is 9.87. The minimum Gasteiger partial charge on any atom is -0.494 e.